The van der Waals surface area contributed by atoms with E-state index in [1.807, 2.05) is 0 Å². The van der Waals surface area contributed by atoms with Gasteiger partial charge in [-0.3, -0.25) is 0 Å². The Labute approximate surface area is 454 Å². The summed E-state index contributed by atoms with van der Waals surface area (Å²) in [4.78, 5) is 0. The molecule has 8 aromatic rings. The number of ether oxygens (including phenoxy) is 4. The van der Waals surface area contributed by atoms with Crippen LogP contribution in [0, 0.1) is 83.1 Å². The highest BCUT2D eigenvalue weighted by atomic mass is 16.7. The summed E-state index contributed by atoms with van der Waals surface area (Å²) in [5.74, 6) is 1.69. The van der Waals surface area contributed by atoms with Gasteiger partial charge in [0.05, 0.1) is 0 Å². The Bertz CT molecular complexity index is 3110. The summed E-state index contributed by atoms with van der Waals surface area (Å²) >= 11 is 0. The van der Waals surface area contributed by atoms with Crippen LogP contribution >= 0.6 is 0 Å². The van der Waals surface area contributed by atoms with Gasteiger partial charge in [-0.2, -0.15) is 0 Å². The van der Waals surface area contributed by atoms with Crippen molar-refractivity contribution in [2.45, 2.75) is 134 Å². The molecule has 10 rings (SSSR count). The van der Waals surface area contributed by atoms with Gasteiger partial charge in [-0.25, -0.2) is 0 Å². The zero-order valence-corrected chi connectivity index (χ0v) is 47.9. The van der Waals surface area contributed by atoms with Crippen molar-refractivity contribution in [1.82, 2.24) is 0 Å². The van der Waals surface area contributed by atoms with Crippen molar-refractivity contribution < 1.29 is 18.9 Å². The lowest BCUT2D eigenvalue weighted by Gasteiger charge is -2.31. The lowest BCUT2D eigenvalue weighted by Crippen LogP contribution is -2.14. The second-order valence-corrected chi connectivity index (χ2v) is 22.7. The zero-order chi connectivity index (χ0) is 53.7. The standard InChI is InChI=1S/C72H78O4/c1-41-23-45(5)65(46(6)24-41)57-31-55(32-58(35-57)66-47(7)25-42(2)26-48(66)8)63-37-53-19-15-17-21-61(53)69(71(63)75-39-73-13)70-62-22-18-16-20-54(62)38-64(72(70)76-40-74-14)56-33-59(67-49(9)27-43(3)28-50(67)10)36-60(34-56)68-51(11)29-44(4)30-52(68)12/h23-38H,15-22,39-40H2,1-14H3. The van der Waals surface area contributed by atoms with E-state index in [2.05, 4.69) is 180 Å². The number of hydrogen-bond acceptors (Lipinski definition) is 4. The molecule has 0 aliphatic heterocycles. The zero-order valence-electron chi connectivity index (χ0n) is 47.9. The lowest BCUT2D eigenvalue weighted by atomic mass is 9.76. The molecule has 0 bridgehead atoms. The van der Waals surface area contributed by atoms with Crippen LogP contribution in [0.5, 0.6) is 11.5 Å². The molecule has 390 valence electrons. The molecule has 0 unspecified atom stereocenters. The first-order chi connectivity index (χ1) is 36.5. The molecule has 0 N–H and O–H groups in total. The van der Waals surface area contributed by atoms with Gasteiger partial charge in [-0.15, -0.1) is 0 Å². The van der Waals surface area contributed by atoms with Gasteiger partial charge < -0.3 is 18.9 Å². The Kier molecular flexibility index (Phi) is 15.1. The third-order valence-corrected chi connectivity index (χ3v) is 16.4. The van der Waals surface area contributed by atoms with Crippen LogP contribution in [0.25, 0.3) is 77.9 Å². The molecule has 0 atom stereocenters. The van der Waals surface area contributed by atoms with Crippen molar-refractivity contribution in [2.24, 2.45) is 0 Å². The minimum Gasteiger partial charge on any atom is -0.466 e. The Morgan fingerprint density at radius 1 is 0.289 bits per heavy atom. The number of aryl methyl sites for hydroxylation is 14. The molecule has 0 saturated carbocycles. The number of rotatable bonds is 13. The van der Waals surface area contributed by atoms with Gasteiger partial charge in [0, 0.05) is 36.5 Å². The molecule has 4 heteroatoms. The fraction of sp³-hybridized carbons (Fsp3) is 0.333. The summed E-state index contributed by atoms with van der Waals surface area (Å²) in [5.41, 5.74) is 37.4. The number of benzene rings is 8. The lowest BCUT2D eigenvalue weighted by molar-refractivity contribution is 0.0504. The topological polar surface area (TPSA) is 36.9 Å². The van der Waals surface area contributed by atoms with Gasteiger partial charge in [-0.05, 0) is 305 Å². The molecule has 0 aromatic heterocycles. The molecule has 0 fully saturated rings. The van der Waals surface area contributed by atoms with Gasteiger partial charge in [0.2, 0.25) is 0 Å². The third kappa shape index (κ3) is 10.1. The van der Waals surface area contributed by atoms with Gasteiger partial charge in [0.1, 0.15) is 11.5 Å². The second kappa shape index (κ2) is 21.7. The molecule has 76 heavy (non-hydrogen) atoms. The average Bonchev–Trinajstić information content (AvgIpc) is 3.36. The van der Waals surface area contributed by atoms with E-state index in [9.17, 15) is 0 Å². The van der Waals surface area contributed by atoms with Crippen molar-refractivity contribution in [2.75, 3.05) is 27.8 Å². The molecule has 0 radical (unpaired) electrons. The quantitative estimate of drug-likeness (QED) is 0.108. The molecule has 0 amide bonds. The van der Waals surface area contributed by atoms with Crippen LogP contribution in [0.3, 0.4) is 0 Å². The van der Waals surface area contributed by atoms with Gasteiger partial charge >= 0.3 is 0 Å². The Morgan fingerprint density at radius 2 is 0.539 bits per heavy atom. The summed E-state index contributed by atoms with van der Waals surface area (Å²) in [7, 11) is 3.47. The second-order valence-electron chi connectivity index (χ2n) is 22.7. The van der Waals surface area contributed by atoms with E-state index < -0.39 is 0 Å². The van der Waals surface area contributed by atoms with Crippen LogP contribution < -0.4 is 9.47 Å². The number of hydrogen-bond donors (Lipinski definition) is 0. The maximum Gasteiger partial charge on any atom is 0.188 e. The minimum absolute atomic E-state index is 0.101. The first-order valence-corrected chi connectivity index (χ1v) is 27.8. The highest BCUT2D eigenvalue weighted by Gasteiger charge is 2.32. The van der Waals surface area contributed by atoms with E-state index >= 15 is 0 Å². The molecule has 0 heterocycles. The molecule has 0 saturated heterocycles. The Hall–Kier alpha value is -6.72. The molecular formula is C72H78O4. The fourth-order valence-electron chi connectivity index (χ4n) is 13.9. The van der Waals surface area contributed by atoms with Crippen LogP contribution in [-0.4, -0.2) is 27.8 Å². The predicted molar refractivity (Wildman–Crippen MR) is 320 cm³/mol. The SMILES string of the molecule is COCOc1c(-c2cc(-c3c(C)cc(C)cc3C)cc(-c3c(C)cc(C)cc3C)c2)cc2c(c1-c1c3c(cc(-c4cc(-c5c(C)cc(C)cc5C)cc(-c5c(C)cc(C)cc5C)c4)c1OCOC)CCCC3)CCCC2. The van der Waals surface area contributed by atoms with E-state index in [-0.39, 0.29) is 13.6 Å². The summed E-state index contributed by atoms with van der Waals surface area (Å²) < 4.78 is 26.3. The molecule has 8 aromatic carbocycles. The van der Waals surface area contributed by atoms with E-state index in [1.165, 1.54) is 134 Å². The first kappa shape index (κ1) is 52.7. The van der Waals surface area contributed by atoms with Crippen LogP contribution in [0.1, 0.15) is 115 Å². The molecule has 0 spiro atoms. The highest BCUT2D eigenvalue weighted by molar-refractivity contribution is 5.97. The summed E-state index contributed by atoms with van der Waals surface area (Å²) in [6, 6.07) is 38.1. The van der Waals surface area contributed by atoms with Crippen molar-refractivity contribution in [1.29, 1.82) is 0 Å². The van der Waals surface area contributed by atoms with E-state index in [4.69, 9.17) is 18.9 Å². The fourth-order valence-corrected chi connectivity index (χ4v) is 13.9. The highest BCUT2D eigenvalue weighted by Crippen LogP contribution is 2.55. The monoisotopic (exact) mass is 1010 g/mol. The van der Waals surface area contributed by atoms with E-state index in [1.54, 1.807) is 14.2 Å². The first-order valence-electron chi connectivity index (χ1n) is 27.8. The molecule has 4 nitrogen and oxygen atoms in total. The molecule has 2 aliphatic carbocycles. The number of methoxy groups -OCH3 is 2. The molecular weight excluding hydrogens is 929 g/mol. The van der Waals surface area contributed by atoms with E-state index in [0.29, 0.717) is 0 Å². The summed E-state index contributed by atoms with van der Waals surface area (Å²) in [5, 5.41) is 0. The average molecular weight is 1010 g/mol. The van der Waals surface area contributed by atoms with Crippen LogP contribution in [0.15, 0.2) is 97.1 Å². The summed E-state index contributed by atoms with van der Waals surface area (Å²) in [6.07, 6.45) is 8.35. The smallest absolute Gasteiger partial charge is 0.188 e. The predicted octanol–water partition coefficient (Wildman–Crippen LogP) is 18.8. The largest absolute Gasteiger partial charge is 0.466 e. The van der Waals surface area contributed by atoms with Crippen molar-refractivity contribution in [3.05, 3.63) is 186 Å². The maximum absolute atomic E-state index is 7.22. The third-order valence-electron chi connectivity index (χ3n) is 16.4. The van der Waals surface area contributed by atoms with E-state index in [0.717, 1.165) is 96.2 Å². The van der Waals surface area contributed by atoms with Crippen LogP contribution in [-0.2, 0) is 35.2 Å². The Morgan fingerprint density at radius 3 is 0.803 bits per heavy atom. The van der Waals surface area contributed by atoms with Crippen LogP contribution in [0.2, 0.25) is 0 Å². The van der Waals surface area contributed by atoms with Gasteiger partial charge in [-0.1, -0.05) is 70.8 Å². The molecule has 2 aliphatic rings. The van der Waals surface area contributed by atoms with Gasteiger partial charge in [0.15, 0.2) is 13.6 Å². The summed E-state index contributed by atoms with van der Waals surface area (Å²) in [6.45, 7) is 27.1. The van der Waals surface area contributed by atoms with Crippen LogP contribution in [0.4, 0.5) is 0 Å². The van der Waals surface area contributed by atoms with Crippen molar-refractivity contribution in [3.8, 4) is 89.4 Å². The van der Waals surface area contributed by atoms with Crippen molar-refractivity contribution >= 4 is 0 Å². The maximum atomic E-state index is 7.22. The van der Waals surface area contributed by atoms with Gasteiger partial charge in [0.25, 0.3) is 0 Å². The normalized spacial score (nSPS) is 13.2. The number of fused-ring (bicyclic) bond motifs is 2. The minimum atomic E-state index is 0.101. The Balaban J connectivity index is 1.33. The van der Waals surface area contributed by atoms with Crippen molar-refractivity contribution in [3.63, 3.8) is 0 Å².